The van der Waals surface area contributed by atoms with Crippen LogP contribution in [-0.4, -0.2) is 61.8 Å². The van der Waals surface area contributed by atoms with Gasteiger partial charge in [-0.3, -0.25) is 9.59 Å². The molecule has 2 amide bonds. The highest BCUT2D eigenvalue weighted by atomic mass is 16.2. The lowest BCUT2D eigenvalue weighted by atomic mass is 10.0. The summed E-state index contributed by atoms with van der Waals surface area (Å²) in [7, 11) is 0. The van der Waals surface area contributed by atoms with Gasteiger partial charge in [-0.2, -0.15) is 0 Å². The molecular weight excluding hydrogens is 378 g/mol. The number of aryl methyl sites for hydroxylation is 1. The van der Waals surface area contributed by atoms with Crippen molar-refractivity contribution in [3.05, 3.63) is 60.3 Å². The first-order chi connectivity index (χ1) is 14.5. The Morgan fingerprint density at radius 1 is 1.13 bits per heavy atom. The fourth-order valence-corrected chi connectivity index (χ4v) is 4.18. The third kappa shape index (κ3) is 4.20. The molecule has 3 heterocycles. The number of amides is 2. The number of hydrogen-bond acceptors (Lipinski definition) is 4. The van der Waals surface area contributed by atoms with Crippen molar-refractivity contribution in [3.8, 4) is 0 Å². The van der Waals surface area contributed by atoms with Gasteiger partial charge in [0, 0.05) is 56.9 Å². The number of nitrogens with zero attached hydrogens (tertiary/aromatic N) is 5. The maximum Gasteiger partial charge on any atom is 0.272 e. The molecule has 30 heavy (non-hydrogen) atoms. The minimum Gasteiger partial charge on any atom is -0.338 e. The number of hydrogen-bond donors (Lipinski definition) is 0. The average Bonchev–Trinajstić information content (AvgIpc) is 3.18. The molecule has 2 aromatic heterocycles. The second-order valence-electron chi connectivity index (χ2n) is 7.79. The number of rotatable bonds is 5. The molecule has 4 rings (SSSR count). The van der Waals surface area contributed by atoms with E-state index in [1.165, 1.54) is 0 Å². The monoisotopic (exact) mass is 405 g/mol. The Kier molecular flexibility index (Phi) is 5.79. The largest absolute Gasteiger partial charge is 0.338 e. The van der Waals surface area contributed by atoms with Crippen LogP contribution in [0.25, 0.3) is 10.9 Å². The number of carbonyl (C=O) groups excluding carboxylic acids is 2. The number of para-hydroxylation sites is 1. The molecule has 0 saturated carbocycles. The van der Waals surface area contributed by atoms with E-state index in [2.05, 4.69) is 14.5 Å². The van der Waals surface area contributed by atoms with Crippen LogP contribution in [0.4, 0.5) is 0 Å². The third-order valence-electron chi connectivity index (χ3n) is 5.92. The van der Waals surface area contributed by atoms with E-state index >= 15 is 0 Å². The molecule has 0 unspecified atom stereocenters. The quantitative estimate of drug-likeness (QED) is 0.654. The van der Waals surface area contributed by atoms with Gasteiger partial charge in [-0.15, -0.1) is 0 Å². The van der Waals surface area contributed by atoms with Crippen molar-refractivity contribution in [3.63, 3.8) is 0 Å². The van der Waals surface area contributed by atoms with E-state index in [0.29, 0.717) is 25.3 Å². The minimum atomic E-state index is -0.0392. The first-order valence-corrected chi connectivity index (χ1v) is 10.4. The second-order valence-corrected chi connectivity index (χ2v) is 7.79. The summed E-state index contributed by atoms with van der Waals surface area (Å²) in [6, 6.07) is 11.7. The van der Waals surface area contributed by atoms with Crippen LogP contribution in [-0.2, 0) is 11.3 Å². The first kappa shape index (κ1) is 20.1. The summed E-state index contributed by atoms with van der Waals surface area (Å²) in [6.45, 7) is 6.22. The first-order valence-electron chi connectivity index (χ1n) is 10.4. The molecule has 1 aliphatic rings. The predicted octanol–water partition coefficient (Wildman–Crippen LogP) is 2.89. The van der Waals surface area contributed by atoms with Crippen molar-refractivity contribution in [1.29, 1.82) is 0 Å². The van der Waals surface area contributed by atoms with Gasteiger partial charge in [-0.05, 0) is 31.9 Å². The summed E-state index contributed by atoms with van der Waals surface area (Å²) >= 11 is 0. The molecule has 1 fully saturated rings. The number of aromatic nitrogens is 3. The zero-order chi connectivity index (χ0) is 21.1. The third-order valence-corrected chi connectivity index (χ3v) is 5.92. The van der Waals surface area contributed by atoms with Crippen molar-refractivity contribution in [2.45, 2.75) is 39.3 Å². The number of imidazole rings is 1. The molecule has 0 spiro atoms. The van der Waals surface area contributed by atoms with Crippen LogP contribution in [0.1, 0.15) is 36.1 Å². The van der Waals surface area contributed by atoms with E-state index in [1.54, 1.807) is 19.2 Å². The van der Waals surface area contributed by atoms with E-state index < -0.39 is 0 Å². The molecular formula is C23H27N5O2. The zero-order valence-corrected chi connectivity index (χ0v) is 17.5. The highest BCUT2D eigenvalue weighted by Crippen LogP contribution is 2.20. The van der Waals surface area contributed by atoms with Crippen LogP contribution in [0, 0.1) is 6.92 Å². The van der Waals surface area contributed by atoms with Gasteiger partial charge in [0.15, 0.2) is 0 Å². The molecule has 7 heteroatoms. The Morgan fingerprint density at radius 3 is 2.60 bits per heavy atom. The van der Waals surface area contributed by atoms with E-state index in [4.69, 9.17) is 0 Å². The number of carbonyl (C=O) groups is 2. The molecule has 7 nitrogen and oxygen atoms in total. The number of benzene rings is 1. The maximum absolute atomic E-state index is 12.9. The molecule has 3 aromatic rings. The van der Waals surface area contributed by atoms with Crippen LogP contribution in [0.15, 0.2) is 48.8 Å². The molecule has 0 radical (unpaired) electrons. The van der Waals surface area contributed by atoms with Crippen molar-refractivity contribution >= 4 is 22.7 Å². The molecule has 0 aliphatic carbocycles. The van der Waals surface area contributed by atoms with Crippen molar-refractivity contribution in [2.24, 2.45) is 0 Å². The van der Waals surface area contributed by atoms with Gasteiger partial charge in [0.25, 0.3) is 5.91 Å². The van der Waals surface area contributed by atoms with Crippen LogP contribution in [0.3, 0.4) is 0 Å². The number of fused-ring (bicyclic) bond motifs is 1. The number of piperidine rings is 1. The van der Waals surface area contributed by atoms with Crippen LogP contribution in [0.2, 0.25) is 0 Å². The standard InChI is InChI=1S/C23H27N5O2/c1-17-24-11-14-26(17)15-16-28(18(2)29)20-9-12-27(13-10-20)23(30)22-8-7-19-5-3-4-6-21(19)25-22/h3-8,11,14,20H,9-10,12-13,15-16H2,1-2H3. The minimum absolute atomic E-state index is 0.0392. The fourth-order valence-electron chi connectivity index (χ4n) is 4.18. The molecule has 1 aromatic carbocycles. The van der Waals surface area contributed by atoms with Gasteiger partial charge < -0.3 is 14.4 Å². The summed E-state index contributed by atoms with van der Waals surface area (Å²) in [5, 5.41) is 1.03. The Hall–Kier alpha value is -3.22. The number of pyridine rings is 1. The fraction of sp³-hybridized carbons (Fsp3) is 0.391. The van der Waals surface area contributed by atoms with Crippen LogP contribution in [0.5, 0.6) is 0 Å². The van der Waals surface area contributed by atoms with E-state index in [-0.39, 0.29) is 17.9 Å². The smallest absolute Gasteiger partial charge is 0.272 e. The topological polar surface area (TPSA) is 71.3 Å². The van der Waals surface area contributed by atoms with Crippen molar-refractivity contribution < 1.29 is 9.59 Å². The van der Waals surface area contributed by atoms with Gasteiger partial charge in [0.05, 0.1) is 5.52 Å². The SMILES string of the molecule is CC(=O)N(CCn1ccnc1C)C1CCN(C(=O)c2ccc3ccccc3n2)CC1. The van der Waals surface area contributed by atoms with E-state index in [0.717, 1.165) is 36.1 Å². The molecule has 0 bridgehead atoms. The normalized spacial score (nSPS) is 14.8. The average molecular weight is 406 g/mol. The van der Waals surface area contributed by atoms with Crippen molar-refractivity contribution in [2.75, 3.05) is 19.6 Å². The Morgan fingerprint density at radius 2 is 1.90 bits per heavy atom. The maximum atomic E-state index is 12.9. The zero-order valence-electron chi connectivity index (χ0n) is 17.5. The van der Waals surface area contributed by atoms with Gasteiger partial charge in [-0.25, -0.2) is 9.97 Å². The lowest BCUT2D eigenvalue weighted by molar-refractivity contribution is -0.132. The predicted molar refractivity (Wildman–Crippen MR) is 115 cm³/mol. The summed E-state index contributed by atoms with van der Waals surface area (Å²) in [5.41, 5.74) is 1.31. The number of likely N-dealkylation sites (tertiary alicyclic amines) is 1. The lowest BCUT2D eigenvalue weighted by Crippen LogP contribution is -2.49. The van der Waals surface area contributed by atoms with Gasteiger partial charge in [0.2, 0.25) is 5.91 Å². The highest BCUT2D eigenvalue weighted by Gasteiger charge is 2.29. The molecule has 0 N–H and O–H groups in total. The van der Waals surface area contributed by atoms with Crippen LogP contribution < -0.4 is 0 Å². The molecule has 1 aliphatic heterocycles. The van der Waals surface area contributed by atoms with Crippen molar-refractivity contribution in [1.82, 2.24) is 24.3 Å². The lowest BCUT2D eigenvalue weighted by Gasteiger charge is -2.38. The Bertz CT molecular complexity index is 1050. The van der Waals surface area contributed by atoms with Gasteiger partial charge in [-0.1, -0.05) is 24.3 Å². The Balaban J connectivity index is 1.38. The second kappa shape index (κ2) is 8.65. The summed E-state index contributed by atoms with van der Waals surface area (Å²) < 4.78 is 2.06. The molecule has 1 saturated heterocycles. The molecule has 0 atom stereocenters. The van der Waals surface area contributed by atoms with E-state index in [9.17, 15) is 9.59 Å². The summed E-state index contributed by atoms with van der Waals surface area (Å²) in [6.07, 6.45) is 5.27. The van der Waals surface area contributed by atoms with Gasteiger partial charge in [0.1, 0.15) is 11.5 Å². The van der Waals surface area contributed by atoms with Crippen LogP contribution >= 0.6 is 0 Å². The van der Waals surface area contributed by atoms with E-state index in [1.807, 2.05) is 53.3 Å². The molecule has 156 valence electrons. The summed E-state index contributed by atoms with van der Waals surface area (Å²) in [5.74, 6) is 0.984. The Labute approximate surface area is 176 Å². The van der Waals surface area contributed by atoms with Gasteiger partial charge >= 0.3 is 0 Å². The summed E-state index contributed by atoms with van der Waals surface area (Å²) in [4.78, 5) is 37.8. The highest BCUT2D eigenvalue weighted by molar-refractivity contribution is 5.95.